The SMILES string of the molecule is C=CCn1c(S[C@H](C)C(=O)N[C@H](C)CCc2ccccc2)nnc1-c1ccccc1. The third-order valence-electron chi connectivity index (χ3n) is 4.81. The average Bonchev–Trinajstić information content (AvgIpc) is 3.16. The van der Waals surface area contributed by atoms with Crippen LogP contribution in [0.3, 0.4) is 0 Å². The molecule has 0 radical (unpaired) electrons. The molecule has 1 heterocycles. The van der Waals surface area contributed by atoms with Crippen molar-refractivity contribution in [3.8, 4) is 11.4 Å². The lowest BCUT2D eigenvalue weighted by Gasteiger charge is -2.17. The molecular weight excluding hydrogens is 392 g/mol. The van der Waals surface area contributed by atoms with Crippen molar-refractivity contribution in [3.63, 3.8) is 0 Å². The van der Waals surface area contributed by atoms with Crippen molar-refractivity contribution in [2.75, 3.05) is 0 Å². The van der Waals surface area contributed by atoms with Gasteiger partial charge in [0.15, 0.2) is 11.0 Å². The molecule has 6 heteroatoms. The summed E-state index contributed by atoms with van der Waals surface area (Å²) in [7, 11) is 0. The third-order valence-corrected chi connectivity index (χ3v) is 5.89. The maximum Gasteiger partial charge on any atom is 0.233 e. The standard InChI is InChI=1S/C24H28N4OS/c1-4-17-28-22(21-13-9-6-10-14-21)26-27-24(28)30-19(3)23(29)25-18(2)15-16-20-11-7-5-8-12-20/h4-14,18-19H,1,15-17H2,2-3H3,(H,25,29)/t18-,19-/m1/s1. The molecule has 0 aliphatic carbocycles. The highest BCUT2D eigenvalue weighted by molar-refractivity contribution is 8.00. The summed E-state index contributed by atoms with van der Waals surface area (Å²) in [5, 5.41) is 12.3. The number of aryl methyl sites for hydroxylation is 1. The van der Waals surface area contributed by atoms with Crippen LogP contribution in [-0.4, -0.2) is 32.0 Å². The first kappa shape index (κ1) is 21.8. The third kappa shape index (κ3) is 5.83. The number of nitrogens with zero attached hydrogens (tertiary/aromatic N) is 3. The van der Waals surface area contributed by atoms with Crippen LogP contribution in [0.25, 0.3) is 11.4 Å². The number of allylic oxidation sites excluding steroid dienone is 1. The largest absolute Gasteiger partial charge is 0.353 e. The van der Waals surface area contributed by atoms with Crippen LogP contribution in [0.2, 0.25) is 0 Å². The Labute approximate surface area is 182 Å². The highest BCUT2D eigenvalue weighted by Crippen LogP contribution is 2.27. The van der Waals surface area contributed by atoms with E-state index in [4.69, 9.17) is 0 Å². The summed E-state index contributed by atoms with van der Waals surface area (Å²) in [6.07, 6.45) is 3.66. The number of hydrogen-bond acceptors (Lipinski definition) is 4. The molecule has 0 aliphatic rings. The lowest BCUT2D eigenvalue weighted by molar-refractivity contribution is -0.120. The van der Waals surface area contributed by atoms with Crippen LogP contribution in [0, 0.1) is 0 Å². The van der Waals surface area contributed by atoms with Crippen LogP contribution in [0.15, 0.2) is 78.5 Å². The van der Waals surface area contributed by atoms with E-state index in [-0.39, 0.29) is 17.2 Å². The predicted molar refractivity (Wildman–Crippen MR) is 123 cm³/mol. The first-order valence-electron chi connectivity index (χ1n) is 10.2. The van der Waals surface area contributed by atoms with Gasteiger partial charge >= 0.3 is 0 Å². The first-order chi connectivity index (χ1) is 14.6. The van der Waals surface area contributed by atoms with E-state index in [0.29, 0.717) is 11.7 Å². The average molecular weight is 421 g/mol. The molecular formula is C24H28N4OS. The molecule has 3 rings (SSSR count). The zero-order valence-corrected chi connectivity index (χ0v) is 18.3. The van der Waals surface area contributed by atoms with Crippen molar-refractivity contribution < 1.29 is 4.79 Å². The fourth-order valence-electron chi connectivity index (χ4n) is 3.14. The molecule has 5 nitrogen and oxygen atoms in total. The Hall–Kier alpha value is -2.86. The molecule has 156 valence electrons. The lowest BCUT2D eigenvalue weighted by Crippen LogP contribution is -2.38. The number of carbonyl (C=O) groups excluding carboxylic acids is 1. The number of nitrogens with one attached hydrogen (secondary N) is 1. The van der Waals surface area contributed by atoms with Crippen molar-refractivity contribution in [2.45, 2.75) is 49.7 Å². The summed E-state index contributed by atoms with van der Waals surface area (Å²) < 4.78 is 2.00. The van der Waals surface area contributed by atoms with Gasteiger partial charge in [-0.3, -0.25) is 9.36 Å². The minimum atomic E-state index is -0.277. The van der Waals surface area contributed by atoms with E-state index in [2.05, 4.69) is 34.2 Å². The van der Waals surface area contributed by atoms with Gasteiger partial charge in [0.05, 0.1) is 5.25 Å². The molecule has 3 aromatic rings. The molecule has 2 aromatic carbocycles. The van der Waals surface area contributed by atoms with E-state index in [1.807, 2.05) is 73.0 Å². The Balaban J connectivity index is 1.60. The van der Waals surface area contributed by atoms with Crippen LogP contribution in [0.5, 0.6) is 0 Å². The first-order valence-corrected chi connectivity index (χ1v) is 11.1. The fourth-order valence-corrected chi connectivity index (χ4v) is 4.01. The molecule has 30 heavy (non-hydrogen) atoms. The molecule has 1 aromatic heterocycles. The van der Waals surface area contributed by atoms with E-state index in [0.717, 1.165) is 24.2 Å². The summed E-state index contributed by atoms with van der Waals surface area (Å²) >= 11 is 1.42. The summed E-state index contributed by atoms with van der Waals surface area (Å²) in [5.41, 5.74) is 2.28. The quantitative estimate of drug-likeness (QED) is 0.380. The van der Waals surface area contributed by atoms with E-state index in [9.17, 15) is 4.79 Å². The number of rotatable bonds is 10. The van der Waals surface area contributed by atoms with Gasteiger partial charge in [-0.15, -0.1) is 16.8 Å². The molecule has 2 atom stereocenters. The van der Waals surface area contributed by atoms with Crippen molar-refractivity contribution in [3.05, 3.63) is 78.9 Å². The van der Waals surface area contributed by atoms with Crippen LogP contribution in [-0.2, 0) is 17.8 Å². The van der Waals surface area contributed by atoms with E-state index in [1.165, 1.54) is 17.3 Å². The van der Waals surface area contributed by atoms with Gasteiger partial charge < -0.3 is 5.32 Å². The number of hydrogen-bond donors (Lipinski definition) is 1. The normalized spacial score (nSPS) is 12.9. The summed E-state index contributed by atoms with van der Waals surface area (Å²) in [4.78, 5) is 12.7. The number of carbonyl (C=O) groups is 1. The van der Waals surface area contributed by atoms with E-state index in [1.54, 1.807) is 0 Å². The molecule has 1 amide bonds. The van der Waals surface area contributed by atoms with Gasteiger partial charge in [0, 0.05) is 18.2 Å². The molecule has 0 spiro atoms. The van der Waals surface area contributed by atoms with Crippen LogP contribution in [0.4, 0.5) is 0 Å². The summed E-state index contributed by atoms with van der Waals surface area (Å²) in [5.74, 6) is 0.789. The zero-order valence-electron chi connectivity index (χ0n) is 17.5. The van der Waals surface area contributed by atoms with Crippen molar-refractivity contribution in [1.29, 1.82) is 0 Å². The topological polar surface area (TPSA) is 59.8 Å². The van der Waals surface area contributed by atoms with Crippen molar-refractivity contribution in [1.82, 2.24) is 20.1 Å². The molecule has 0 unspecified atom stereocenters. The predicted octanol–water partition coefficient (Wildman–Crippen LogP) is 4.75. The second-order valence-corrected chi connectivity index (χ2v) is 8.57. The lowest BCUT2D eigenvalue weighted by atomic mass is 10.1. The highest BCUT2D eigenvalue weighted by atomic mass is 32.2. The highest BCUT2D eigenvalue weighted by Gasteiger charge is 2.21. The molecule has 1 N–H and O–H groups in total. The second kappa shape index (κ2) is 10.8. The van der Waals surface area contributed by atoms with Crippen molar-refractivity contribution >= 4 is 17.7 Å². The van der Waals surface area contributed by atoms with Gasteiger partial charge in [0.1, 0.15) is 0 Å². The number of aromatic nitrogens is 3. The van der Waals surface area contributed by atoms with Gasteiger partial charge in [-0.2, -0.15) is 0 Å². The second-order valence-electron chi connectivity index (χ2n) is 7.27. The van der Waals surface area contributed by atoms with Crippen LogP contribution >= 0.6 is 11.8 Å². The monoisotopic (exact) mass is 420 g/mol. The molecule has 0 aliphatic heterocycles. The maximum atomic E-state index is 12.7. The van der Waals surface area contributed by atoms with Crippen molar-refractivity contribution in [2.24, 2.45) is 0 Å². The smallest absolute Gasteiger partial charge is 0.233 e. The molecule has 0 saturated carbocycles. The Morgan fingerprint density at radius 3 is 2.43 bits per heavy atom. The fraction of sp³-hybridized carbons (Fsp3) is 0.292. The van der Waals surface area contributed by atoms with Gasteiger partial charge in [0.25, 0.3) is 0 Å². The van der Waals surface area contributed by atoms with Gasteiger partial charge in [0.2, 0.25) is 5.91 Å². The number of thioether (sulfide) groups is 1. The number of benzene rings is 2. The van der Waals surface area contributed by atoms with E-state index < -0.39 is 0 Å². The Kier molecular flexibility index (Phi) is 7.85. The zero-order chi connectivity index (χ0) is 21.3. The minimum Gasteiger partial charge on any atom is -0.353 e. The van der Waals surface area contributed by atoms with Crippen LogP contribution < -0.4 is 5.32 Å². The van der Waals surface area contributed by atoms with Crippen LogP contribution in [0.1, 0.15) is 25.8 Å². The molecule has 0 bridgehead atoms. The minimum absolute atomic E-state index is 0.00924. The molecule has 0 saturated heterocycles. The van der Waals surface area contributed by atoms with Gasteiger partial charge in [-0.25, -0.2) is 0 Å². The Bertz CT molecular complexity index is 956. The molecule has 0 fully saturated rings. The van der Waals surface area contributed by atoms with E-state index >= 15 is 0 Å². The summed E-state index contributed by atoms with van der Waals surface area (Å²) in [6.45, 7) is 8.38. The number of amides is 1. The van der Waals surface area contributed by atoms with Gasteiger partial charge in [-0.1, -0.05) is 78.5 Å². The maximum absolute atomic E-state index is 12.7. The Morgan fingerprint density at radius 2 is 1.77 bits per heavy atom. The van der Waals surface area contributed by atoms with Gasteiger partial charge in [-0.05, 0) is 32.3 Å². The summed E-state index contributed by atoms with van der Waals surface area (Å²) in [6, 6.07) is 20.4. The Morgan fingerprint density at radius 1 is 1.10 bits per heavy atom.